The van der Waals surface area contributed by atoms with E-state index in [9.17, 15) is 0 Å². The van der Waals surface area contributed by atoms with E-state index in [1.54, 1.807) is 19.0 Å². The quantitative estimate of drug-likeness (QED) is 0.269. The minimum absolute atomic E-state index is 0. The highest BCUT2D eigenvalue weighted by Crippen LogP contribution is 1.73. The second kappa shape index (κ2) is 4.57. The average Bonchev–Trinajstić information content (AvgIpc) is 1.63. The Balaban J connectivity index is 0. The molecule has 0 saturated carbocycles. The van der Waals surface area contributed by atoms with Crippen LogP contribution in [-0.4, -0.2) is 36.4 Å². The van der Waals surface area contributed by atoms with E-state index in [4.69, 9.17) is 16.9 Å². The number of guanidine groups is 2. The molecular formula is C4H13N5O. The van der Waals surface area contributed by atoms with Crippen LogP contribution in [0.25, 0.3) is 0 Å². The number of hydrogen-bond acceptors (Lipinski definition) is 1. The van der Waals surface area contributed by atoms with Crippen LogP contribution < -0.4 is 11.5 Å². The summed E-state index contributed by atoms with van der Waals surface area (Å²) in [6, 6.07) is 0. The lowest BCUT2D eigenvalue weighted by Gasteiger charge is -2.08. The van der Waals surface area contributed by atoms with Gasteiger partial charge in [0, 0.05) is 14.1 Å². The molecule has 7 N–H and O–H groups in total. The van der Waals surface area contributed by atoms with Crippen LogP contribution in [0.5, 0.6) is 0 Å². The van der Waals surface area contributed by atoms with Crippen molar-refractivity contribution in [1.29, 1.82) is 5.41 Å². The molecule has 0 aromatic carbocycles. The number of nitrogens with one attached hydrogen (secondary N) is 1. The first-order valence-electron chi connectivity index (χ1n) is 2.39. The highest BCUT2D eigenvalue weighted by Gasteiger charge is 1.92. The van der Waals surface area contributed by atoms with Crippen LogP contribution in [0.1, 0.15) is 0 Å². The van der Waals surface area contributed by atoms with Crippen LogP contribution in [0, 0.1) is 5.41 Å². The molecule has 0 aliphatic heterocycles. The fourth-order valence-electron chi connectivity index (χ4n) is 0.223. The van der Waals surface area contributed by atoms with E-state index in [2.05, 4.69) is 4.99 Å². The fourth-order valence-corrected chi connectivity index (χ4v) is 0.223. The van der Waals surface area contributed by atoms with Gasteiger partial charge in [-0.05, 0) is 0 Å². The molecule has 6 heteroatoms. The lowest BCUT2D eigenvalue weighted by atomic mass is 10.8. The summed E-state index contributed by atoms with van der Waals surface area (Å²) < 4.78 is 0. The van der Waals surface area contributed by atoms with Crippen molar-refractivity contribution in [2.45, 2.75) is 0 Å². The maximum Gasteiger partial charge on any atom is 0.215 e. The van der Waals surface area contributed by atoms with Gasteiger partial charge in [0.05, 0.1) is 0 Å². The minimum Gasteiger partial charge on any atom is -0.412 e. The number of nitrogens with zero attached hydrogens (tertiary/aromatic N) is 2. The Bertz CT molecular complexity index is 141. The molecule has 0 aliphatic carbocycles. The van der Waals surface area contributed by atoms with Gasteiger partial charge in [-0.25, -0.2) is 0 Å². The summed E-state index contributed by atoms with van der Waals surface area (Å²) >= 11 is 0. The van der Waals surface area contributed by atoms with Crippen molar-refractivity contribution in [2.24, 2.45) is 16.5 Å². The lowest BCUT2D eigenvalue weighted by Crippen LogP contribution is -2.32. The van der Waals surface area contributed by atoms with Gasteiger partial charge in [0.1, 0.15) is 0 Å². The highest BCUT2D eigenvalue weighted by atomic mass is 16.0. The van der Waals surface area contributed by atoms with Gasteiger partial charge in [-0.1, -0.05) is 0 Å². The largest absolute Gasteiger partial charge is 0.412 e. The molecule has 0 fully saturated rings. The monoisotopic (exact) mass is 147 g/mol. The van der Waals surface area contributed by atoms with Crippen molar-refractivity contribution in [2.75, 3.05) is 14.1 Å². The zero-order chi connectivity index (χ0) is 7.44. The molecule has 0 saturated heterocycles. The summed E-state index contributed by atoms with van der Waals surface area (Å²) in [5.74, 6) is -0.0382. The van der Waals surface area contributed by atoms with Crippen LogP contribution in [0.4, 0.5) is 0 Å². The van der Waals surface area contributed by atoms with E-state index in [1.807, 2.05) is 0 Å². The standard InChI is InChI=1S/C4H11N5.H2O/c1-9(2)4(7)8-3(5)6;/h1-2H3,(H5,5,6,7,8);1H2. The predicted octanol–water partition coefficient (Wildman–Crippen LogP) is -2.07. The van der Waals surface area contributed by atoms with Gasteiger partial charge in [0.2, 0.25) is 5.96 Å². The summed E-state index contributed by atoms with van der Waals surface area (Å²) in [6.07, 6.45) is 0. The van der Waals surface area contributed by atoms with Gasteiger partial charge in [-0.2, -0.15) is 4.99 Å². The van der Waals surface area contributed by atoms with Crippen molar-refractivity contribution >= 4 is 11.9 Å². The maximum atomic E-state index is 6.70. The Hall–Kier alpha value is -1.30. The molecule has 0 amide bonds. The van der Waals surface area contributed by atoms with E-state index >= 15 is 0 Å². The molecule has 0 rings (SSSR count). The maximum absolute atomic E-state index is 6.70. The van der Waals surface area contributed by atoms with Crippen molar-refractivity contribution in [1.82, 2.24) is 4.90 Å². The van der Waals surface area contributed by atoms with Crippen molar-refractivity contribution in [3.63, 3.8) is 0 Å². The number of nitrogens with two attached hydrogens (primary N) is 2. The first-order chi connectivity index (χ1) is 4.04. The Kier molecular flexibility index (Phi) is 5.25. The summed E-state index contributed by atoms with van der Waals surface area (Å²) in [6.45, 7) is 0. The lowest BCUT2D eigenvalue weighted by molar-refractivity contribution is 0.615. The van der Waals surface area contributed by atoms with E-state index < -0.39 is 0 Å². The molecule has 0 spiro atoms. The smallest absolute Gasteiger partial charge is 0.215 e. The summed E-state index contributed by atoms with van der Waals surface area (Å²) in [4.78, 5) is 5.03. The van der Waals surface area contributed by atoms with E-state index in [1.165, 1.54) is 0 Å². The molecule has 0 atom stereocenters. The first-order valence-corrected chi connectivity index (χ1v) is 2.39. The van der Waals surface area contributed by atoms with Crippen molar-refractivity contribution in [3.05, 3.63) is 0 Å². The summed E-state index contributed by atoms with van der Waals surface area (Å²) in [5, 5.41) is 6.70. The summed E-state index contributed by atoms with van der Waals surface area (Å²) in [5.41, 5.74) is 10.2. The van der Waals surface area contributed by atoms with Gasteiger partial charge in [0.25, 0.3) is 0 Å². The average molecular weight is 147 g/mol. The second-order valence-corrected chi connectivity index (χ2v) is 1.75. The molecular weight excluding hydrogens is 134 g/mol. The molecule has 0 aromatic heterocycles. The highest BCUT2D eigenvalue weighted by molar-refractivity contribution is 5.91. The molecule has 0 aromatic rings. The molecule has 6 nitrogen and oxygen atoms in total. The molecule has 0 bridgehead atoms. The molecule has 60 valence electrons. The van der Waals surface area contributed by atoms with Gasteiger partial charge in [0.15, 0.2) is 5.96 Å². The third-order valence-corrected chi connectivity index (χ3v) is 0.693. The topological polar surface area (TPSA) is 123 Å². The number of aliphatic imine (C=N–C) groups is 1. The van der Waals surface area contributed by atoms with Crippen LogP contribution in [0.3, 0.4) is 0 Å². The number of rotatable bonds is 0. The Morgan fingerprint density at radius 3 is 1.90 bits per heavy atom. The minimum atomic E-state index is -0.277. The van der Waals surface area contributed by atoms with Crippen LogP contribution >= 0.6 is 0 Å². The third kappa shape index (κ3) is 4.85. The van der Waals surface area contributed by atoms with E-state index in [0.29, 0.717) is 0 Å². The second-order valence-electron chi connectivity index (χ2n) is 1.75. The third-order valence-electron chi connectivity index (χ3n) is 0.693. The van der Waals surface area contributed by atoms with Crippen molar-refractivity contribution < 1.29 is 5.48 Å². The number of hydrogen-bond donors (Lipinski definition) is 3. The van der Waals surface area contributed by atoms with E-state index in [-0.39, 0.29) is 17.4 Å². The molecule has 0 radical (unpaired) electrons. The van der Waals surface area contributed by atoms with Crippen LogP contribution in [0.15, 0.2) is 4.99 Å². The molecule has 0 heterocycles. The normalized spacial score (nSPS) is 10.0. The van der Waals surface area contributed by atoms with Crippen LogP contribution in [-0.2, 0) is 0 Å². The van der Waals surface area contributed by atoms with E-state index in [0.717, 1.165) is 0 Å². The predicted molar refractivity (Wildman–Crippen MR) is 40.8 cm³/mol. The van der Waals surface area contributed by atoms with Crippen molar-refractivity contribution in [3.8, 4) is 0 Å². The SMILES string of the molecule is CN(C)C(N)=NC(=N)N.O. The zero-order valence-corrected chi connectivity index (χ0v) is 6.05. The Labute approximate surface area is 59.3 Å². The first kappa shape index (κ1) is 11.5. The fraction of sp³-hybridized carbons (Fsp3) is 0.500. The Morgan fingerprint density at radius 2 is 1.80 bits per heavy atom. The van der Waals surface area contributed by atoms with Gasteiger partial charge < -0.3 is 21.8 Å². The Morgan fingerprint density at radius 1 is 1.40 bits per heavy atom. The van der Waals surface area contributed by atoms with Crippen LogP contribution in [0.2, 0.25) is 0 Å². The molecule has 10 heavy (non-hydrogen) atoms. The van der Waals surface area contributed by atoms with Gasteiger partial charge in [-0.15, -0.1) is 0 Å². The molecule has 0 aliphatic rings. The van der Waals surface area contributed by atoms with Gasteiger partial charge >= 0.3 is 0 Å². The summed E-state index contributed by atoms with van der Waals surface area (Å²) in [7, 11) is 3.45. The zero-order valence-electron chi connectivity index (χ0n) is 6.05. The van der Waals surface area contributed by atoms with Gasteiger partial charge in [-0.3, -0.25) is 5.41 Å². The molecule has 0 unspecified atom stereocenters.